The lowest BCUT2D eigenvalue weighted by Crippen LogP contribution is -3.00. The van der Waals surface area contributed by atoms with Gasteiger partial charge < -0.3 is 67.5 Å². The van der Waals surface area contributed by atoms with Crippen molar-refractivity contribution in [3.63, 3.8) is 0 Å². The summed E-state index contributed by atoms with van der Waals surface area (Å²) in [6.45, 7) is 18.8. The molecule has 478 valence electrons. The molecule has 0 saturated carbocycles. The van der Waals surface area contributed by atoms with E-state index < -0.39 is 46.7 Å². The number of carbonyl (C=O) groups is 8. The first-order chi connectivity index (χ1) is 38.8. The van der Waals surface area contributed by atoms with Crippen LogP contribution in [0.3, 0.4) is 0 Å². The Morgan fingerprint density at radius 3 is 1.10 bits per heavy atom. The summed E-state index contributed by atoms with van der Waals surface area (Å²) in [5, 5.41) is 19.8. The largest absolute Gasteiger partial charge is 1.00 e. The van der Waals surface area contributed by atoms with Crippen LogP contribution in [0.4, 0.5) is 22.0 Å². The normalized spacial score (nSPS) is 16.5. The van der Waals surface area contributed by atoms with Gasteiger partial charge in [0.05, 0.1) is 77.0 Å². The molecule has 4 atom stereocenters. The SMILES string of the molecule is CCCC[C@H](CN(C)C=O)C(=O)N1CCN(C)CC1.CCCC[C@H](CN(C)C=O)C(=O)Oc1c(F)c(F)c(F)c(F)c1F.CCCC[C@H](CN(O)C=O)C(=O)N1CCN(C)CC1.CCCC[C@H](CN(O)C=O)C(=O)N1CC[N+](C)(C)CC1.[I-]. The van der Waals surface area contributed by atoms with E-state index in [2.05, 4.69) is 56.5 Å². The number of unbranched alkanes of at least 4 members (excludes halogenated alkanes) is 4. The second-order valence-electron chi connectivity index (χ2n) is 22.2. The van der Waals surface area contributed by atoms with Gasteiger partial charge in [0.2, 0.25) is 78.2 Å². The summed E-state index contributed by atoms with van der Waals surface area (Å²) in [4.78, 5) is 105. The van der Waals surface area contributed by atoms with Crippen molar-refractivity contribution < 1.29 is 104 Å². The van der Waals surface area contributed by atoms with Crippen molar-refractivity contribution in [3.8, 4) is 5.75 Å². The van der Waals surface area contributed by atoms with E-state index in [-0.39, 0.29) is 85.5 Å². The molecule has 21 nitrogen and oxygen atoms in total. The number of benzene rings is 1. The van der Waals surface area contributed by atoms with Gasteiger partial charge in [0.25, 0.3) is 0 Å². The number of amides is 7. The van der Waals surface area contributed by atoms with Crippen LogP contribution in [-0.2, 0) is 38.4 Å². The average molecular weight is 1310 g/mol. The first-order valence-electron chi connectivity index (χ1n) is 28.7. The van der Waals surface area contributed by atoms with Gasteiger partial charge in [-0.05, 0) is 39.8 Å². The van der Waals surface area contributed by atoms with Crippen LogP contribution in [0.25, 0.3) is 0 Å². The van der Waals surface area contributed by atoms with Crippen LogP contribution in [0.5, 0.6) is 5.75 Å². The third-order valence-electron chi connectivity index (χ3n) is 14.7. The maximum absolute atomic E-state index is 13.5. The van der Waals surface area contributed by atoms with Crippen LogP contribution in [0.15, 0.2) is 0 Å². The third kappa shape index (κ3) is 28.7. The summed E-state index contributed by atoms with van der Waals surface area (Å²) >= 11 is 0. The Morgan fingerprint density at radius 2 is 0.783 bits per heavy atom. The van der Waals surface area contributed by atoms with E-state index in [9.17, 15) is 70.7 Å². The van der Waals surface area contributed by atoms with Crippen molar-refractivity contribution >= 4 is 49.3 Å². The number of hydrogen-bond acceptors (Lipinski definition) is 13. The van der Waals surface area contributed by atoms with Gasteiger partial charge in [-0.1, -0.05) is 79.1 Å². The van der Waals surface area contributed by atoms with E-state index >= 15 is 0 Å². The smallest absolute Gasteiger partial charge is 0.316 e. The molecule has 7 amide bonds. The third-order valence-corrected chi connectivity index (χ3v) is 14.7. The summed E-state index contributed by atoms with van der Waals surface area (Å²) in [5.41, 5.74) is 0. The lowest BCUT2D eigenvalue weighted by Gasteiger charge is -2.40. The van der Waals surface area contributed by atoms with Crippen molar-refractivity contribution in [1.82, 2.24) is 44.4 Å². The molecule has 2 N–H and O–H groups in total. The van der Waals surface area contributed by atoms with Gasteiger partial charge in [0, 0.05) is 79.5 Å². The van der Waals surface area contributed by atoms with Crippen LogP contribution in [0.1, 0.15) is 105 Å². The summed E-state index contributed by atoms with van der Waals surface area (Å²) in [5.74, 6) is -15.3. The highest BCUT2D eigenvalue weighted by molar-refractivity contribution is 5.80. The number of hydroxylamine groups is 4. The molecular weight excluding hydrogens is 1210 g/mol. The van der Waals surface area contributed by atoms with Crippen molar-refractivity contribution in [1.29, 1.82) is 0 Å². The lowest BCUT2D eigenvalue weighted by atomic mass is 9.99. The van der Waals surface area contributed by atoms with E-state index in [1.54, 1.807) is 11.9 Å². The van der Waals surface area contributed by atoms with Crippen molar-refractivity contribution in [2.75, 3.05) is 147 Å². The number of esters is 1. The first-order valence-corrected chi connectivity index (χ1v) is 28.7. The first kappa shape index (κ1) is 78.2. The number of piperazine rings is 3. The van der Waals surface area contributed by atoms with Crippen molar-refractivity contribution in [3.05, 3.63) is 29.1 Å². The van der Waals surface area contributed by atoms with Gasteiger partial charge in [-0.3, -0.25) is 48.8 Å². The summed E-state index contributed by atoms with van der Waals surface area (Å²) < 4.78 is 71.6. The van der Waals surface area contributed by atoms with Crippen LogP contribution in [-0.4, -0.2) is 256 Å². The lowest BCUT2D eigenvalue weighted by molar-refractivity contribution is -0.894. The molecule has 0 radical (unpaired) electrons. The Labute approximate surface area is 505 Å². The predicted molar refractivity (Wildman–Crippen MR) is 297 cm³/mol. The fourth-order valence-corrected chi connectivity index (χ4v) is 9.20. The molecule has 0 aliphatic carbocycles. The molecule has 3 saturated heterocycles. The molecule has 3 fully saturated rings. The minimum absolute atomic E-state index is 0. The zero-order valence-electron chi connectivity index (χ0n) is 50.7. The van der Waals surface area contributed by atoms with Crippen molar-refractivity contribution in [2.45, 2.75) is 105 Å². The highest BCUT2D eigenvalue weighted by atomic mass is 127. The maximum atomic E-state index is 13.5. The van der Waals surface area contributed by atoms with E-state index in [4.69, 9.17) is 0 Å². The Morgan fingerprint density at radius 1 is 0.494 bits per heavy atom. The van der Waals surface area contributed by atoms with Crippen LogP contribution in [0.2, 0.25) is 0 Å². The van der Waals surface area contributed by atoms with E-state index in [1.165, 1.54) is 7.05 Å². The molecule has 83 heavy (non-hydrogen) atoms. The zero-order chi connectivity index (χ0) is 62.1. The molecule has 3 aliphatic rings. The van der Waals surface area contributed by atoms with E-state index in [0.29, 0.717) is 55.2 Å². The topological polar surface area (TPSA) is 215 Å². The van der Waals surface area contributed by atoms with Crippen molar-refractivity contribution in [2.24, 2.45) is 23.7 Å². The van der Waals surface area contributed by atoms with Gasteiger partial charge in [0.1, 0.15) is 0 Å². The fourth-order valence-electron chi connectivity index (χ4n) is 9.20. The monoisotopic (exact) mass is 1310 g/mol. The number of nitrogens with zero attached hydrogens (tertiary/aromatic N) is 10. The number of likely N-dealkylation sites (N-methyl/N-ethyl adjacent to an activating group) is 3. The Kier molecular flexibility index (Phi) is 39.6. The quantitative estimate of drug-likeness (QED) is 0.0112. The second-order valence-corrected chi connectivity index (χ2v) is 22.2. The Balaban J connectivity index is 0.00000108. The standard InChI is InChI=1S/C15H16F5NO3.C14H28N3O3.C14H27N3O2.C13H25N3O3.HI/c1-3-4-5-8(6-21(2)7-22)15(23)24-14-12(19)10(17)9(16)11(18)13(14)20;1-4-5-6-13(11-16(20)12-18)14(19)15-7-9-17(2,3)10-8-15;1-4-5-6-13(11-16(3)12-18)14(19)17-9-7-15(2)8-10-17;1-3-4-5-12(10-16(19)11-17)13(18)15-8-6-14(2)7-9-15;/h7-8H,3-6H2,1-2H3;12-13,20H,4-11H2,1-3H3;12-13H,4-11H2,1-3H3;11-12,19H,3-10H2,1-2H3;1H/q;+1;;;/p-1/t8-;2*13-;12-;/m1111./s1. The van der Waals surface area contributed by atoms with Crippen LogP contribution in [0, 0.1) is 52.8 Å². The van der Waals surface area contributed by atoms with Crippen LogP contribution >= 0.6 is 0 Å². The molecule has 3 heterocycles. The number of quaternary nitrogens is 1. The molecule has 0 aromatic heterocycles. The van der Waals surface area contributed by atoms with E-state index in [1.807, 2.05) is 28.7 Å². The molecule has 3 aliphatic heterocycles. The molecule has 0 unspecified atom stereocenters. The minimum Gasteiger partial charge on any atom is -1.00 e. The highest BCUT2D eigenvalue weighted by Gasteiger charge is 2.34. The highest BCUT2D eigenvalue weighted by Crippen LogP contribution is 2.30. The summed E-state index contributed by atoms with van der Waals surface area (Å²) in [7, 11) is 11.6. The van der Waals surface area contributed by atoms with E-state index in [0.717, 1.165) is 146 Å². The molecule has 1 aromatic rings. The molecule has 0 bridgehead atoms. The predicted octanol–water partition coefficient (Wildman–Crippen LogP) is 1.81. The van der Waals surface area contributed by atoms with Gasteiger partial charge in [-0.2, -0.15) is 8.78 Å². The average Bonchev–Trinajstić information content (AvgIpc) is 3.62. The number of rotatable bonds is 29. The van der Waals surface area contributed by atoms with Gasteiger partial charge in [0.15, 0.2) is 0 Å². The molecule has 4 rings (SSSR count). The number of carbonyl (C=O) groups excluding carboxylic acids is 8. The summed E-state index contributed by atoms with van der Waals surface area (Å²) in [6.07, 6.45) is 11.7. The fraction of sp³-hybridized carbons (Fsp3) is 0.750. The van der Waals surface area contributed by atoms with Gasteiger partial charge >= 0.3 is 5.97 Å². The zero-order valence-corrected chi connectivity index (χ0v) is 52.9. The number of ether oxygens (including phenoxy) is 1. The minimum atomic E-state index is -2.34. The molecule has 1 aromatic carbocycles. The Bertz CT molecular complexity index is 2020. The van der Waals surface area contributed by atoms with Crippen LogP contribution < -0.4 is 28.7 Å². The number of hydrogen-bond donors (Lipinski definition) is 2. The second kappa shape index (κ2) is 42.1. The van der Waals surface area contributed by atoms with Gasteiger partial charge in [-0.15, -0.1) is 0 Å². The maximum Gasteiger partial charge on any atom is 0.316 e. The van der Waals surface area contributed by atoms with Gasteiger partial charge in [-0.25, -0.2) is 23.3 Å². The summed E-state index contributed by atoms with van der Waals surface area (Å²) in [6, 6.07) is 0. The number of halogens is 6. The molecular formula is C56H96F5IN10O11. The molecule has 0 spiro atoms. The molecule has 27 heteroatoms. The Hall–Kier alpha value is -4.84.